The van der Waals surface area contributed by atoms with E-state index in [0.717, 1.165) is 11.5 Å². The van der Waals surface area contributed by atoms with Crippen LogP contribution in [0.1, 0.15) is 11.5 Å². The second kappa shape index (κ2) is 6.21. The van der Waals surface area contributed by atoms with Gasteiger partial charge in [0, 0.05) is 6.54 Å². The molecule has 0 saturated carbocycles. The summed E-state index contributed by atoms with van der Waals surface area (Å²) < 4.78 is 10.3. The van der Waals surface area contributed by atoms with Crippen molar-refractivity contribution in [2.45, 2.75) is 13.5 Å². The Hall–Kier alpha value is -1.33. The summed E-state index contributed by atoms with van der Waals surface area (Å²) in [5.74, 6) is 1.34. The van der Waals surface area contributed by atoms with Gasteiger partial charge in [0.05, 0.1) is 13.2 Å². The molecule has 0 bridgehead atoms. The van der Waals surface area contributed by atoms with Crippen LogP contribution in [0.3, 0.4) is 0 Å². The minimum atomic E-state index is -0.448. The molecule has 0 aliphatic heterocycles. The molecule has 0 aliphatic rings. The van der Waals surface area contributed by atoms with Crippen molar-refractivity contribution < 1.29 is 13.9 Å². The fourth-order valence-corrected chi connectivity index (χ4v) is 1.11. The average molecular weight is 212 g/mol. The van der Waals surface area contributed by atoms with Crippen molar-refractivity contribution in [1.82, 2.24) is 5.32 Å². The van der Waals surface area contributed by atoms with E-state index in [0.29, 0.717) is 19.7 Å². The molecule has 1 aromatic heterocycles. The van der Waals surface area contributed by atoms with Gasteiger partial charge in [-0.05, 0) is 19.1 Å². The molecule has 0 spiro atoms. The number of ether oxygens (including phenoxy) is 1. The highest BCUT2D eigenvalue weighted by Crippen LogP contribution is 2.04. The molecule has 15 heavy (non-hydrogen) atoms. The number of aryl methyl sites for hydroxylation is 1. The molecule has 0 unspecified atom stereocenters. The number of nitrogens with two attached hydrogens (primary N) is 1. The van der Waals surface area contributed by atoms with E-state index in [2.05, 4.69) is 5.32 Å². The van der Waals surface area contributed by atoms with E-state index in [4.69, 9.17) is 14.9 Å². The summed E-state index contributed by atoms with van der Waals surface area (Å²) in [7, 11) is 0. The Bertz CT molecular complexity index is 309. The van der Waals surface area contributed by atoms with E-state index in [1.165, 1.54) is 0 Å². The van der Waals surface area contributed by atoms with Crippen molar-refractivity contribution in [2.75, 3.05) is 19.8 Å². The molecule has 0 aliphatic carbocycles. The minimum absolute atomic E-state index is 0.0262. The molecule has 1 amide bonds. The Morgan fingerprint density at radius 1 is 1.60 bits per heavy atom. The van der Waals surface area contributed by atoms with E-state index in [1.807, 2.05) is 19.1 Å². The Morgan fingerprint density at radius 3 is 3.00 bits per heavy atom. The number of primary amides is 1. The minimum Gasteiger partial charge on any atom is -0.465 e. The van der Waals surface area contributed by atoms with Crippen LogP contribution in [-0.4, -0.2) is 25.7 Å². The molecule has 5 nitrogen and oxygen atoms in total. The second-order valence-electron chi connectivity index (χ2n) is 3.21. The fraction of sp³-hybridized carbons (Fsp3) is 0.500. The first-order valence-electron chi connectivity index (χ1n) is 4.80. The number of carbonyl (C=O) groups is 1. The molecule has 0 aromatic carbocycles. The van der Waals surface area contributed by atoms with Crippen molar-refractivity contribution in [2.24, 2.45) is 5.73 Å². The molecule has 3 N–H and O–H groups in total. The first kappa shape index (κ1) is 11.7. The van der Waals surface area contributed by atoms with Crippen LogP contribution in [0.25, 0.3) is 0 Å². The van der Waals surface area contributed by atoms with Gasteiger partial charge in [0.25, 0.3) is 0 Å². The Labute approximate surface area is 88.6 Å². The predicted molar refractivity (Wildman–Crippen MR) is 55.2 cm³/mol. The third kappa shape index (κ3) is 5.19. The summed E-state index contributed by atoms with van der Waals surface area (Å²) in [6, 6.07) is 3.84. The van der Waals surface area contributed by atoms with Gasteiger partial charge in [0.1, 0.15) is 18.1 Å². The lowest BCUT2D eigenvalue weighted by Gasteiger charge is -2.02. The number of rotatable bonds is 7. The van der Waals surface area contributed by atoms with Gasteiger partial charge in [-0.25, -0.2) is 0 Å². The summed E-state index contributed by atoms with van der Waals surface area (Å²) in [6.45, 7) is 3.66. The van der Waals surface area contributed by atoms with Crippen molar-refractivity contribution in [1.29, 1.82) is 0 Å². The van der Waals surface area contributed by atoms with Crippen LogP contribution in [0, 0.1) is 6.92 Å². The van der Waals surface area contributed by atoms with Crippen LogP contribution in [0.5, 0.6) is 0 Å². The Morgan fingerprint density at radius 2 is 2.40 bits per heavy atom. The van der Waals surface area contributed by atoms with E-state index >= 15 is 0 Å². The first-order chi connectivity index (χ1) is 7.18. The van der Waals surface area contributed by atoms with Crippen molar-refractivity contribution in [3.8, 4) is 0 Å². The van der Waals surface area contributed by atoms with Crippen LogP contribution in [0.4, 0.5) is 0 Å². The van der Waals surface area contributed by atoms with Gasteiger partial charge in [-0.3, -0.25) is 4.79 Å². The maximum Gasteiger partial charge on any atom is 0.243 e. The Kier molecular flexibility index (Phi) is 4.86. The van der Waals surface area contributed by atoms with Crippen molar-refractivity contribution in [3.05, 3.63) is 23.7 Å². The molecule has 84 valence electrons. The predicted octanol–water partition coefficient (Wildman–Crippen LogP) is 0.180. The molecule has 0 radical (unpaired) electrons. The van der Waals surface area contributed by atoms with Gasteiger partial charge >= 0.3 is 0 Å². The molecule has 0 saturated heterocycles. The third-order valence-corrected chi connectivity index (χ3v) is 1.76. The van der Waals surface area contributed by atoms with Crippen LogP contribution < -0.4 is 11.1 Å². The zero-order valence-corrected chi connectivity index (χ0v) is 8.79. The smallest absolute Gasteiger partial charge is 0.243 e. The molecule has 1 rings (SSSR count). The number of hydrogen-bond acceptors (Lipinski definition) is 4. The van der Waals surface area contributed by atoms with Gasteiger partial charge < -0.3 is 20.2 Å². The van der Waals surface area contributed by atoms with Gasteiger partial charge in [0.15, 0.2) is 0 Å². The lowest BCUT2D eigenvalue weighted by Crippen LogP contribution is -2.23. The number of hydrogen-bond donors (Lipinski definition) is 2. The third-order valence-electron chi connectivity index (χ3n) is 1.76. The molecule has 0 atom stereocenters. The average Bonchev–Trinajstić information content (AvgIpc) is 2.57. The second-order valence-corrected chi connectivity index (χ2v) is 3.21. The molecule has 5 heteroatoms. The summed E-state index contributed by atoms with van der Waals surface area (Å²) in [4.78, 5) is 10.3. The summed E-state index contributed by atoms with van der Waals surface area (Å²) >= 11 is 0. The number of furan rings is 1. The monoisotopic (exact) mass is 212 g/mol. The molecule has 1 aromatic rings. The molecule has 1 heterocycles. The molecular formula is C10H16N2O3. The van der Waals surface area contributed by atoms with Gasteiger partial charge in [-0.1, -0.05) is 0 Å². The molecule has 0 fully saturated rings. The summed E-state index contributed by atoms with van der Waals surface area (Å²) in [5, 5.41) is 3.12. The zero-order chi connectivity index (χ0) is 11.1. The van der Waals surface area contributed by atoms with E-state index < -0.39 is 5.91 Å². The van der Waals surface area contributed by atoms with Crippen LogP contribution in [-0.2, 0) is 16.1 Å². The highest BCUT2D eigenvalue weighted by molar-refractivity contribution is 5.74. The topological polar surface area (TPSA) is 77.5 Å². The highest BCUT2D eigenvalue weighted by atomic mass is 16.5. The largest absolute Gasteiger partial charge is 0.465 e. The lowest BCUT2D eigenvalue weighted by molar-refractivity contribution is -0.122. The van der Waals surface area contributed by atoms with Crippen molar-refractivity contribution in [3.63, 3.8) is 0 Å². The van der Waals surface area contributed by atoms with Crippen LogP contribution >= 0.6 is 0 Å². The maximum absolute atomic E-state index is 10.3. The summed E-state index contributed by atoms with van der Waals surface area (Å²) in [5.41, 5.74) is 4.90. The van der Waals surface area contributed by atoms with Gasteiger partial charge in [-0.15, -0.1) is 0 Å². The number of amides is 1. The van der Waals surface area contributed by atoms with E-state index in [9.17, 15) is 4.79 Å². The first-order valence-corrected chi connectivity index (χ1v) is 4.80. The van der Waals surface area contributed by atoms with E-state index in [-0.39, 0.29) is 6.61 Å². The fourth-order valence-electron chi connectivity index (χ4n) is 1.11. The van der Waals surface area contributed by atoms with Crippen LogP contribution in [0.15, 0.2) is 16.5 Å². The summed E-state index contributed by atoms with van der Waals surface area (Å²) in [6.07, 6.45) is 0. The quantitative estimate of drug-likeness (QED) is 0.632. The normalized spacial score (nSPS) is 10.5. The number of carbonyl (C=O) groups excluding carboxylic acids is 1. The molecular weight excluding hydrogens is 196 g/mol. The van der Waals surface area contributed by atoms with Crippen LogP contribution in [0.2, 0.25) is 0 Å². The van der Waals surface area contributed by atoms with Gasteiger partial charge in [0.2, 0.25) is 5.91 Å². The van der Waals surface area contributed by atoms with Crippen molar-refractivity contribution >= 4 is 5.91 Å². The van der Waals surface area contributed by atoms with E-state index in [1.54, 1.807) is 0 Å². The van der Waals surface area contributed by atoms with Gasteiger partial charge in [-0.2, -0.15) is 0 Å². The lowest BCUT2D eigenvalue weighted by atomic mass is 10.4. The standard InChI is InChI=1S/C10H16N2O3/c1-8-2-3-9(15-8)6-12-4-5-14-7-10(11)13/h2-3,12H,4-7H2,1H3,(H2,11,13). The highest BCUT2D eigenvalue weighted by Gasteiger charge is 1.97. The maximum atomic E-state index is 10.3. The number of nitrogens with one attached hydrogen (secondary N) is 1. The SMILES string of the molecule is Cc1ccc(CNCCOCC(N)=O)o1. The Balaban J connectivity index is 2.00. The zero-order valence-electron chi connectivity index (χ0n) is 8.79.